The molecule has 0 aliphatic heterocycles. The zero-order valence-electron chi connectivity index (χ0n) is 58.6. The topological polar surface area (TPSA) is 237 Å². The summed E-state index contributed by atoms with van der Waals surface area (Å²) in [5.74, 6) is 0.0796. The summed E-state index contributed by atoms with van der Waals surface area (Å²) in [5.41, 5.74) is 0. The molecule has 17 nitrogen and oxygen atoms in total. The Morgan fingerprint density at radius 3 is 0.844 bits per heavy atom. The minimum absolute atomic E-state index is 0.102. The number of phosphoric ester groups is 2. The third-order valence-electron chi connectivity index (χ3n) is 16.7. The summed E-state index contributed by atoms with van der Waals surface area (Å²) < 4.78 is 68.2. The van der Waals surface area contributed by atoms with E-state index >= 15 is 0 Å². The highest BCUT2D eigenvalue weighted by Crippen LogP contribution is 2.45. The average molecular weight is 1330 g/mol. The van der Waals surface area contributed by atoms with E-state index in [0.29, 0.717) is 31.6 Å². The van der Waals surface area contributed by atoms with Crippen LogP contribution in [-0.2, 0) is 65.4 Å². The lowest BCUT2D eigenvalue weighted by Crippen LogP contribution is -2.30. The van der Waals surface area contributed by atoms with Crippen LogP contribution in [0.5, 0.6) is 0 Å². The molecular formula is C71H138O17P2. The van der Waals surface area contributed by atoms with Gasteiger partial charge in [-0.2, -0.15) is 0 Å². The predicted molar refractivity (Wildman–Crippen MR) is 363 cm³/mol. The first-order chi connectivity index (χ1) is 43.3. The van der Waals surface area contributed by atoms with E-state index < -0.39 is 97.5 Å². The molecule has 3 N–H and O–H groups in total. The largest absolute Gasteiger partial charge is 0.472 e. The second-order valence-corrected chi connectivity index (χ2v) is 29.7. The minimum Gasteiger partial charge on any atom is -0.462 e. The molecule has 0 aromatic carbocycles. The van der Waals surface area contributed by atoms with Gasteiger partial charge >= 0.3 is 39.5 Å². The van der Waals surface area contributed by atoms with E-state index in [-0.39, 0.29) is 25.7 Å². The number of esters is 4. The molecule has 19 heteroatoms. The van der Waals surface area contributed by atoms with Crippen molar-refractivity contribution in [2.75, 3.05) is 39.6 Å². The molecule has 0 amide bonds. The molecule has 6 atom stereocenters. The van der Waals surface area contributed by atoms with Crippen molar-refractivity contribution >= 4 is 39.5 Å². The molecule has 0 aliphatic rings. The Morgan fingerprint density at radius 2 is 0.567 bits per heavy atom. The summed E-state index contributed by atoms with van der Waals surface area (Å²) in [6.07, 6.45) is 46.0. The van der Waals surface area contributed by atoms with Crippen molar-refractivity contribution in [3.63, 3.8) is 0 Å². The number of unbranched alkanes of at least 4 members (excludes halogenated alkanes) is 36. The van der Waals surface area contributed by atoms with Gasteiger partial charge in [0.1, 0.15) is 19.3 Å². The number of hydrogen-bond acceptors (Lipinski definition) is 15. The average Bonchev–Trinajstić information content (AvgIpc) is 3.08. The number of carbonyl (C=O) groups excluding carboxylic acids is 4. The van der Waals surface area contributed by atoms with E-state index in [4.69, 9.17) is 37.0 Å². The molecule has 0 saturated heterocycles. The van der Waals surface area contributed by atoms with Gasteiger partial charge in [-0.05, 0) is 43.4 Å². The van der Waals surface area contributed by atoms with Gasteiger partial charge in [0.05, 0.1) is 26.4 Å². The Labute approximate surface area is 549 Å². The first kappa shape index (κ1) is 88.1. The van der Waals surface area contributed by atoms with E-state index in [1.807, 2.05) is 0 Å². The van der Waals surface area contributed by atoms with Crippen LogP contribution in [0.3, 0.4) is 0 Å². The summed E-state index contributed by atoms with van der Waals surface area (Å²) in [5, 5.41) is 10.6. The summed E-state index contributed by atoms with van der Waals surface area (Å²) in [6, 6.07) is 0. The smallest absolute Gasteiger partial charge is 0.462 e. The Kier molecular flexibility index (Phi) is 60.6. The van der Waals surface area contributed by atoms with E-state index in [0.717, 1.165) is 108 Å². The molecule has 0 aromatic rings. The Morgan fingerprint density at radius 1 is 0.322 bits per heavy atom. The number of phosphoric acid groups is 2. The zero-order valence-corrected chi connectivity index (χ0v) is 60.4. The molecule has 3 unspecified atom stereocenters. The molecule has 0 radical (unpaired) electrons. The SMILES string of the molecule is CCCCCCCCCCCCCCC(=O)OC[C@H](COP(=O)(O)OC[C@@H](O)COP(=O)(O)OC[C@@H](COC(=O)CCCCCCCCC(C)C)OC(=O)CCCCCCCCC(C)CC)OC(=O)CCCCCCCCCCCCCCCCCCC(C)C. The van der Waals surface area contributed by atoms with Gasteiger partial charge in [-0.25, -0.2) is 9.13 Å². The van der Waals surface area contributed by atoms with E-state index in [1.54, 1.807) is 0 Å². The summed E-state index contributed by atoms with van der Waals surface area (Å²) >= 11 is 0. The van der Waals surface area contributed by atoms with Crippen LogP contribution >= 0.6 is 15.6 Å². The van der Waals surface area contributed by atoms with Crippen LogP contribution in [0.15, 0.2) is 0 Å². The number of rotatable bonds is 69. The van der Waals surface area contributed by atoms with Gasteiger partial charge in [0, 0.05) is 25.7 Å². The lowest BCUT2D eigenvalue weighted by Gasteiger charge is -2.21. The third kappa shape index (κ3) is 63.5. The normalized spacial score (nSPS) is 14.5. The maximum Gasteiger partial charge on any atom is 0.472 e. The third-order valence-corrected chi connectivity index (χ3v) is 18.6. The molecule has 0 aliphatic carbocycles. The second kappa shape index (κ2) is 61.9. The second-order valence-electron chi connectivity index (χ2n) is 26.8. The standard InChI is InChI=1S/C71H138O17P2/c1-8-10-11-12-13-14-15-23-26-29-38-45-52-68(73)81-58-66(87-70(75)54-47-40-30-27-24-21-19-17-16-18-20-22-25-28-35-42-49-62(3)4)60-85-89(77,78)83-56-65(72)57-84-90(79,80)86-61-67(59-82-69(74)53-46-39-33-31-36-43-50-63(5)6)88-71(76)55-48-41-34-32-37-44-51-64(7)9-2/h62-67,72H,8-61H2,1-7H3,(H,77,78)(H,79,80)/t64?,65-,66-,67-/m1/s1. The highest BCUT2D eigenvalue weighted by atomic mass is 31.2. The molecule has 0 saturated carbocycles. The van der Waals surface area contributed by atoms with Crippen molar-refractivity contribution in [2.24, 2.45) is 17.8 Å². The summed E-state index contributed by atoms with van der Waals surface area (Å²) in [7, 11) is -9.90. The molecule has 0 aromatic heterocycles. The zero-order chi connectivity index (χ0) is 66.6. The van der Waals surface area contributed by atoms with Crippen LogP contribution in [0.25, 0.3) is 0 Å². The quantitative estimate of drug-likeness (QED) is 0.0222. The van der Waals surface area contributed by atoms with Gasteiger partial charge in [-0.1, -0.05) is 305 Å². The highest BCUT2D eigenvalue weighted by Gasteiger charge is 2.30. The molecule has 0 rings (SSSR count). The molecule has 0 bridgehead atoms. The lowest BCUT2D eigenvalue weighted by atomic mass is 10.00. The number of carbonyl (C=O) groups is 4. The fourth-order valence-corrected chi connectivity index (χ4v) is 12.3. The van der Waals surface area contributed by atoms with Gasteiger partial charge in [-0.3, -0.25) is 37.3 Å². The van der Waals surface area contributed by atoms with Gasteiger partial charge in [-0.15, -0.1) is 0 Å². The fourth-order valence-electron chi connectivity index (χ4n) is 10.7. The maximum atomic E-state index is 13.0. The van der Waals surface area contributed by atoms with Crippen LogP contribution in [0.2, 0.25) is 0 Å². The predicted octanol–water partition coefficient (Wildman–Crippen LogP) is 20.2. The van der Waals surface area contributed by atoms with E-state index in [1.165, 1.54) is 161 Å². The van der Waals surface area contributed by atoms with Gasteiger partial charge in [0.25, 0.3) is 0 Å². The first-order valence-electron chi connectivity index (χ1n) is 36.9. The van der Waals surface area contributed by atoms with Crippen molar-refractivity contribution in [1.29, 1.82) is 0 Å². The van der Waals surface area contributed by atoms with Crippen molar-refractivity contribution in [3.05, 3.63) is 0 Å². The fraction of sp³-hybridized carbons (Fsp3) is 0.944. The van der Waals surface area contributed by atoms with E-state index in [2.05, 4.69) is 48.5 Å². The maximum absolute atomic E-state index is 13.0. The number of aliphatic hydroxyl groups is 1. The van der Waals surface area contributed by atoms with Gasteiger partial charge in [0.2, 0.25) is 0 Å². The summed E-state index contributed by atoms with van der Waals surface area (Å²) in [6.45, 7) is 11.8. The van der Waals surface area contributed by atoms with Crippen LogP contribution in [0.4, 0.5) is 0 Å². The van der Waals surface area contributed by atoms with Crippen molar-refractivity contribution < 1.29 is 80.2 Å². The molecule has 0 spiro atoms. The van der Waals surface area contributed by atoms with Crippen LogP contribution in [-0.4, -0.2) is 96.7 Å². The Bertz CT molecular complexity index is 1770. The molecule has 0 heterocycles. The van der Waals surface area contributed by atoms with E-state index in [9.17, 15) is 43.2 Å². The van der Waals surface area contributed by atoms with Crippen LogP contribution in [0.1, 0.15) is 357 Å². The molecule has 0 fully saturated rings. The van der Waals surface area contributed by atoms with Crippen molar-refractivity contribution in [2.45, 2.75) is 375 Å². The Balaban J connectivity index is 5.20. The van der Waals surface area contributed by atoms with Gasteiger partial charge < -0.3 is 33.8 Å². The Hall–Kier alpha value is -1.94. The number of hydrogen-bond donors (Lipinski definition) is 3. The van der Waals surface area contributed by atoms with Crippen molar-refractivity contribution in [3.8, 4) is 0 Å². The van der Waals surface area contributed by atoms with Crippen LogP contribution in [0, 0.1) is 17.8 Å². The molecular weight excluding hydrogens is 1190 g/mol. The minimum atomic E-state index is -4.95. The number of ether oxygens (including phenoxy) is 4. The monoisotopic (exact) mass is 1320 g/mol. The molecule has 534 valence electrons. The molecule has 90 heavy (non-hydrogen) atoms. The highest BCUT2D eigenvalue weighted by molar-refractivity contribution is 7.47. The first-order valence-corrected chi connectivity index (χ1v) is 39.9. The lowest BCUT2D eigenvalue weighted by molar-refractivity contribution is -0.161. The van der Waals surface area contributed by atoms with Gasteiger partial charge in [0.15, 0.2) is 12.2 Å². The number of aliphatic hydroxyl groups excluding tert-OH is 1. The van der Waals surface area contributed by atoms with Crippen molar-refractivity contribution in [1.82, 2.24) is 0 Å². The van der Waals surface area contributed by atoms with Crippen LogP contribution < -0.4 is 0 Å². The summed E-state index contributed by atoms with van der Waals surface area (Å²) in [4.78, 5) is 72.5.